The number of aliphatic hydroxyl groups is 1. The largest absolute Gasteiger partial charge is 0.508 e. The van der Waals surface area contributed by atoms with Gasteiger partial charge in [-0.25, -0.2) is 4.68 Å². The fourth-order valence-corrected chi connectivity index (χ4v) is 2.57. The fourth-order valence-electron chi connectivity index (χ4n) is 2.57. The maximum atomic E-state index is 12.8. The molecular weight excluding hydrogens is 346 g/mol. The number of aryl methyl sites for hydroxylation is 1. The standard InChI is InChI=1S/C19H17N5O3/c1-20-17-10-13(25)4-3-5-15(17)22-18(26)14-11-16(23-24(2)19(14)27)12-6-8-21-9-7-12/h3-11,15,25H,1H2,2H3,(H,22,26). The molecular formula is C19H17N5O3. The Balaban J connectivity index is 1.95. The van der Waals surface area contributed by atoms with Crippen molar-refractivity contribution in [1.82, 2.24) is 20.1 Å². The second kappa shape index (κ2) is 7.61. The molecule has 136 valence electrons. The van der Waals surface area contributed by atoms with Crippen molar-refractivity contribution < 1.29 is 9.90 Å². The van der Waals surface area contributed by atoms with E-state index < -0.39 is 17.5 Å². The molecule has 3 rings (SSSR count). The average molecular weight is 363 g/mol. The quantitative estimate of drug-likeness (QED) is 0.801. The van der Waals surface area contributed by atoms with Gasteiger partial charge in [0.25, 0.3) is 11.5 Å². The Kier molecular flexibility index (Phi) is 5.07. The number of nitrogens with one attached hydrogen (secondary N) is 1. The van der Waals surface area contributed by atoms with E-state index in [1.54, 1.807) is 36.7 Å². The molecule has 2 aromatic rings. The minimum absolute atomic E-state index is 0.00908. The minimum Gasteiger partial charge on any atom is -0.508 e. The van der Waals surface area contributed by atoms with Crippen molar-refractivity contribution in [2.24, 2.45) is 12.0 Å². The highest BCUT2D eigenvalue weighted by atomic mass is 16.3. The molecule has 1 unspecified atom stereocenters. The normalized spacial score (nSPS) is 16.1. The van der Waals surface area contributed by atoms with E-state index in [-0.39, 0.29) is 11.3 Å². The van der Waals surface area contributed by atoms with Gasteiger partial charge in [0.05, 0.1) is 17.4 Å². The number of nitrogens with zero attached hydrogens (tertiary/aromatic N) is 4. The number of rotatable bonds is 4. The molecule has 1 aliphatic rings. The van der Waals surface area contributed by atoms with E-state index in [0.29, 0.717) is 11.4 Å². The number of hydrogen-bond donors (Lipinski definition) is 2. The molecule has 0 aromatic carbocycles. The maximum absolute atomic E-state index is 12.8. The van der Waals surface area contributed by atoms with E-state index in [4.69, 9.17) is 0 Å². The number of pyridine rings is 1. The van der Waals surface area contributed by atoms with Gasteiger partial charge in [0.15, 0.2) is 0 Å². The van der Waals surface area contributed by atoms with Gasteiger partial charge in [-0.3, -0.25) is 19.6 Å². The van der Waals surface area contributed by atoms with Crippen LogP contribution >= 0.6 is 0 Å². The van der Waals surface area contributed by atoms with Crippen molar-refractivity contribution in [3.05, 3.63) is 82.3 Å². The van der Waals surface area contributed by atoms with E-state index in [9.17, 15) is 14.7 Å². The third kappa shape index (κ3) is 3.90. The lowest BCUT2D eigenvalue weighted by molar-refractivity contribution is 0.0946. The van der Waals surface area contributed by atoms with Crippen molar-refractivity contribution in [2.45, 2.75) is 6.04 Å². The number of hydrogen-bond acceptors (Lipinski definition) is 6. The number of carbonyl (C=O) groups excluding carboxylic acids is 1. The lowest BCUT2D eigenvalue weighted by Gasteiger charge is -2.15. The topological polar surface area (TPSA) is 109 Å². The van der Waals surface area contributed by atoms with Gasteiger partial charge in [-0.2, -0.15) is 5.10 Å². The van der Waals surface area contributed by atoms with Crippen LogP contribution in [-0.4, -0.2) is 38.5 Å². The summed E-state index contributed by atoms with van der Waals surface area (Å²) in [5.41, 5.74) is 0.967. The molecule has 0 saturated heterocycles. The second-order valence-electron chi connectivity index (χ2n) is 5.76. The third-order valence-electron chi connectivity index (χ3n) is 3.94. The van der Waals surface area contributed by atoms with Gasteiger partial charge in [-0.1, -0.05) is 12.2 Å². The predicted octanol–water partition coefficient (Wildman–Crippen LogP) is 1.54. The first-order valence-electron chi connectivity index (χ1n) is 8.05. The number of aromatic nitrogens is 3. The van der Waals surface area contributed by atoms with E-state index >= 15 is 0 Å². The summed E-state index contributed by atoms with van der Waals surface area (Å²) in [7, 11) is 1.48. The number of carbonyl (C=O) groups is 1. The second-order valence-corrected chi connectivity index (χ2v) is 5.76. The molecule has 0 radical (unpaired) electrons. The average Bonchev–Trinajstić information content (AvgIpc) is 2.85. The smallest absolute Gasteiger partial charge is 0.279 e. The molecule has 1 aliphatic carbocycles. The Morgan fingerprint density at radius 1 is 1.37 bits per heavy atom. The molecule has 0 saturated carbocycles. The van der Waals surface area contributed by atoms with Crippen LogP contribution in [0.5, 0.6) is 0 Å². The highest BCUT2D eigenvalue weighted by Gasteiger charge is 2.20. The van der Waals surface area contributed by atoms with Crippen LogP contribution in [0.3, 0.4) is 0 Å². The summed E-state index contributed by atoms with van der Waals surface area (Å²) in [6, 6.07) is 4.27. The first kappa shape index (κ1) is 18.0. The van der Waals surface area contributed by atoms with Crippen LogP contribution in [0.15, 0.2) is 76.1 Å². The van der Waals surface area contributed by atoms with E-state index in [0.717, 1.165) is 10.2 Å². The van der Waals surface area contributed by atoms with Gasteiger partial charge in [0, 0.05) is 31.1 Å². The summed E-state index contributed by atoms with van der Waals surface area (Å²) in [5, 5.41) is 16.6. The summed E-state index contributed by atoms with van der Waals surface area (Å²) in [5.74, 6) is -0.593. The summed E-state index contributed by atoms with van der Waals surface area (Å²) >= 11 is 0. The highest BCUT2D eigenvalue weighted by molar-refractivity contribution is 5.95. The van der Waals surface area contributed by atoms with Crippen LogP contribution < -0.4 is 10.9 Å². The monoisotopic (exact) mass is 363 g/mol. The Morgan fingerprint density at radius 2 is 2.11 bits per heavy atom. The Labute approximate surface area is 154 Å². The zero-order chi connectivity index (χ0) is 19.4. The molecule has 0 spiro atoms. The van der Waals surface area contributed by atoms with Crippen molar-refractivity contribution in [3.8, 4) is 11.3 Å². The molecule has 0 bridgehead atoms. The number of allylic oxidation sites excluding steroid dienone is 3. The molecule has 27 heavy (non-hydrogen) atoms. The zero-order valence-corrected chi connectivity index (χ0v) is 14.5. The van der Waals surface area contributed by atoms with Crippen LogP contribution in [0.2, 0.25) is 0 Å². The summed E-state index contributed by atoms with van der Waals surface area (Å²) in [4.78, 5) is 33.0. The zero-order valence-electron chi connectivity index (χ0n) is 14.5. The number of amides is 1. The number of aliphatic hydroxyl groups excluding tert-OH is 1. The highest BCUT2D eigenvalue weighted by Crippen LogP contribution is 2.16. The van der Waals surface area contributed by atoms with E-state index in [2.05, 4.69) is 27.1 Å². The van der Waals surface area contributed by atoms with E-state index in [1.165, 1.54) is 25.3 Å². The van der Waals surface area contributed by atoms with Gasteiger partial charge in [0.2, 0.25) is 0 Å². The molecule has 1 amide bonds. The molecule has 1 atom stereocenters. The molecule has 8 heteroatoms. The van der Waals surface area contributed by atoms with Gasteiger partial charge < -0.3 is 10.4 Å². The van der Waals surface area contributed by atoms with Crippen LogP contribution in [-0.2, 0) is 7.05 Å². The fraction of sp³-hybridized carbons (Fsp3) is 0.105. The SMILES string of the molecule is C=NC1=CC(O)=CC=CC1NC(=O)c1cc(-c2ccncc2)nn(C)c1=O. The van der Waals surface area contributed by atoms with Gasteiger partial charge in [0.1, 0.15) is 11.3 Å². The predicted molar refractivity (Wildman–Crippen MR) is 101 cm³/mol. The molecule has 2 N–H and O–H groups in total. The molecule has 8 nitrogen and oxygen atoms in total. The van der Waals surface area contributed by atoms with Gasteiger partial charge in [-0.15, -0.1) is 0 Å². The Bertz CT molecular complexity index is 1040. The Hall–Kier alpha value is -3.81. The van der Waals surface area contributed by atoms with Crippen molar-refractivity contribution in [2.75, 3.05) is 0 Å². The van der Waals surface area contributed by atoms with Crippen molar-refractivity contribution >= 4 is 12.6 Å². The first-order valence-corrected chi connectivity index (χ1v) is 8.05. The van der Waals surface area contributed by atoms with Crippen LogP contribution in [0.4, 0.5) is 0 Å². The van der Waals surface area contributed by atoms with Gasteiger partial charge >= 0.3 is 0 Å². The van der Waals surface area contributed by atoms with Crippen molar-refractivity contribution in [3.63, 3.8) is 0 Å². The van der Waals surface area contributed by atoms with Gasteiger partial charge in [-0.05, 0) is 31.0 Å². The van der Waals surface area contributed by atoms with Crippen molar-refractivity contribution in [1.29, 1.82) is 0 Å². The lowest BCUT2D eigenvalue weighted by Crippen LogP contribution is -2.39. The maximum Gasteiger partial charge on any atom is 0.279 e. The molecule has 0 fully saturated rings. The molecule has 2 heterocycles. The molecule has 0 aliphatic heterocycles. The number of aliphatic imine (C=N–C) groups is 1. The molecule has 2 aromatic heterocycles. The van der Waals surface area contributed by atoms with Crippen LogP contribution in [0, 0.1) is 0 Å². The van der Waals surface area contributed by atoms with Crippen LogP contribution in [0.1, 0.15) is 10.4 Å². The lowest BCUT2D eigenvalue weighted by atomic mass is 10.1. The first-order chi connectivity index (χ1) is 13.0. The van der Waals surface area contributed by atoms with Crippen LogP contribution in [0.25, 0.3) is 11.3 Å². The minimum atomic E-state index is -0.641. The third-order valence-corrected chi connectivity index (χ3v) is 3.94. The summed E-state index contributed by atoms with van der Waals surface area (Å²) in [6.45, 7) is 3.45. The summed E-state index contributed by atoms with van der Waals surface area (Å²) in [6.07, 6.45) is 9.28. The summed E-state index contributed by atoms with van der Waals surface area (Å²) < 4.78 is 1.11. The van der Waals surface area contributed by atoms with E-state index in [1.807, 2.05) is 0 Å². The Morgan fingerprint density at radius 3 is 2.81 bits per heavy atom.